The minimum atomic E-state index is -0.833. The number of rotatable bonds is 5. The molecule has 2 unspecified atom stereocenters. The fourth-order valence-corrected chi connectivity index (χ4v) is 3.03. The van der Waals surface area contributed by atoms with Crippen LogP contribution in [0.25, 0.3) is 0 Å². The fourth-order valence-electron chi connectivity index (χ4n) is 3.03. The molecular weight excluding hydrogens is 368 g/mol. The van der Waals surface area contributed by atoms with Gasteiger partial charge in [0.15, 0.2) is 6.10 Å². The van der Waals surface area contributed by atoms with Gasteiger partial charge in [0.1, 0.15) is 11.5 Å². The molecule has 1 aliphatic rings. The lowest BCUT2D eigenvalue weighted by Gasteiger charge is -2.24. The quantitative estimate of drug-likeness (QED) is 0.688. The monoisotopic (exact) mass is 388 g/mol. The highest BCUT2D eigenvalue weighted by atomic mass is 16.5. The number of nitrogens with one attached hydrogen (secondary N) is 2. The summed E-state index contributed by atoms with van der Waals surface area (Å²) in [5.74, 6) is 0.610. The van der Waals surface area contributed by atoms with Crippen molar-refractivity contribution in [1.82, 2.24) is 0 Å². The Bertz CT molecular complexity index is 1020. The van der Waals surface area contributed by atoms with Crippen molar-refractivity contribution < 1.29 is 19.1 Å². The molecule has 3 aromatic rings. The molecule has 0 aromatic heterocycles. The van der Waals surface area contributed by atoms with Gasteiger partial charge in [0.25, 0.3) is 11.8 Å². The van der Waals surface area contributed by atoms with Crippen molar-refractivity contribution in [3.05, 3.63) is 84.4 Å². The number of amides is 2. The van der Waals surface area contributed by atoms with Gasteiger partial charge >= 0.3 is 0 Å². The molecule has 146 valence electrons. The van der Waals surface area contributed by atoms with Gasteiger partial charge in [-0.25, -0.2) is 0 Å². The number of carbonyl (C=O) groups excluding carboxylic acids is 2. The summed E-state index contributed by atoms with van der Waals surface area (Å²) in [6, 6.07) is 23.6. The smallest absolute Gasteiger partial charge is 0.270 e. The Kier molecular flexibility index (Phi) is 5.16. The van der Waals surface area contributed by atoms with Crippen LogP contribution in [0.15, 0.2) is 78.9 Å². The first-order valence-electron chi connectivity index (χ1n) is 9.29. The second kappa shape index (κ2) is 8.06. The van der Waals surface area contributed by atoms with Crippen molar-refractivity contribution in [3.8, 4) is 11.5 Å². The van der Waals surface area contributed by atoms with Crippen LogP contribution in [0.4, 0.5) is 11.4 Å². The van der Waals surface area contributed by atoms with Gasteiger partial charge in [0.05, 0.1) is 5.69 Å². The molecule has 0 aliphatic carbocycles. The number of ether oxygens (including phenoxy) is 2. The van der Waals surface area contributed by atoms with E-state index in [9.17, 15) is 9.59 Å². The molecule has 0 saturated heterocycles. The van der Waals surface area contributed by atoms with Crippen molar-refractivity contribution in [1.29, 1.82) is 0 Å². The molecule has 0 bridgehead atoms. The maximum absolute atomic E-state index is 13.0. The number of anilines is 2. The van der Waals surface area contributed by atoms with E-state index in [4.69, 9.17) is 9.47 Å². The van der Waals surface area contributed by atoms with Gasteiger partial charge in [0.2, 0.25) is 6.10 Å². The maximum atomic E-state index is 13.0. The van der Waals surface area contributed by atoms with Crippen LogP contribution in [-0.4, -0.2) is 17.9 Å². The molecule has 2 atom stereocenters. The molecule has 0 spiro atoms. The van der Waals surface area contributed by atoms with Gasteiger partial charge < -0.3 is 20.1 Å². The lowest BCUT2D eigenvalue weighted by Crippen LogP contribution is -2.34. The standard InChI is InChI=1S/C23H20N2O4/c1-15-22(26)25-19-14-17(12-13-20(19)28-15)24-23(27)21(16-8-4-2-5-9-16)29-18-10-6-3-7-11-18/h2-15,21H,1H3,(H,24,27)(H,25,26). The summed E-state index contributed by atoms with van der Waals surface area (Å²) < 4.78 is 11.5. The molecule has 0 fully saturated rings. The Morgan fingerprint density at radius 3 is 2.45 bits per heavy atom. The highest BCUT2D eigenvalue weighted by Gasteiger charge is 2.26. The molecule has 4 rings (SSSR count). The van der Waals surface area contributed by atoms with E-state index in [1.54, 1.807) is 37.3 Å². The van der Waals surface area contributed by atoms with Gasteiger partial charge in [-0.1, -0.05) is 48.5 Å². The molecular formula is C23H20N2O4. The van der Waals surface area contributed by atoms with Crippen LogP contribution in [0.3, 0.4) is 0 Å². The normalized spacial score (nSPS) is 16.0. The van der Waals surface area contributed by atoms with Crippen LogP contribution >= 0.6 is 0 Å². The zero-order valence-corrected chi connectivity index (χ0v) is 15.8. The Hall–Kier alpha value is -3.80. The van der Waals surface area contributed by atoms with Crippen molar-refractivity contribution in [2.75, 3.05) is 10.6 Å². The minimum Gasteiger partial charge on any atom is -0.479 e. The van der Waals surface area contributed by atoms with Gasteiger partial charge in [-0.15, -0.1) is 0 Å². The predicted octanol–water partition coefficient (Wildman–Crippen LogP) is 4.16. The van der Waals surface area contributed by atoms with Gasteiger partial charge in [0, 0.05) is 11.3 Å². The first kappa shape index (κ1) is 18.6. The third-order valence-electron chi connectivity index (χ3n) is 4.52. The van der Waals surface area contributed by atoms with Crippen LogP contribution in [0.1, 0.15) is 18.6 Å². The Morgan fingerprint density at radius 2 is 1.72 bits per heavy atom. The molecule has 1 heterocycles. The maximum Gasteiger partial charge on any atom is 0.270 e. The first-order valence-corrected chi connectivity index (χ1v) is 9.29. The summed E-state index contributed by atoms with van der Waals surface area (Å²) in [7, 11) is 0. The summed E-state index contributed by atoms with van der Waals surface area (Å²) >= 11 is 0. The fraction of sp³-hybridized carbons (Fsp3) is 0.130. The van der Waals surface area contributed by atoms with Crippen molar-refractivity contribution in [3.63, 3.8) is 0 Å². The number of para-hydroxylation sites is 1. The summed E-state index contributed by atoms with van der Waals surface area (Å²) in [4.78, 5) is 24.9. The second-order valence-electron chi connectivity index (χ2n) is 6.67. The summed E-state index contributed by atoms with van der Waals surface area (Å²) in [5.41, 5.74) is 1.79. The van der Waals surface area contributed by atoms with E-state index < -0.39 is 12.2 Å². The average Bonchev–Trinajstić information content (AvgIpc) is 2.74. The first-order chi connectivity index (χ1) is 14.1. The van der Waals surface area contributed by atoms with Crippen LogP contribution in [0.5, 0.6) is 11.5 Å². The van der Waals surface area contributed by atoms with E-state index >= 15 is 0 Å². The number of fused-ring (bicyclic) bond motifs is 1. The SMILES string of the molecule is CC1Oc2ccc(NC(=O)C(Oc3ccccc3)c3ccccc3)cc2NC1=O. The number of benzene rings is 3. The van der Waals surface area contributed by atoms with E-state index in [1.807, 2.05) is 48.5 Å². The van der Waals surface area contributed by atoms with Crippen LogP contribution in [-0.2, 0) is 9.59 Å². The molecule has 0 saturated carbocycles. The Labute approximate surface area is 168 Å². The molecule has 29 heavy (non-hydrogen) atoms. The van der Waals surface area contributed by atoms with Gasteiger partial charge in [-0.3, -0.25) is 9.59 Å². The minimum absolute atomic E-state index is 0.226. The Morgan fingerprint density at radius 1 is 1.03 bits per heavy atom. The van der Waals surface area contributed by atoms with E-state index in [2.05, 4.69) is 10.6 Å². The molecule has 2 amide bonds. The lowest BCUT2D eigenvalue weighted by atomic mass is 10.1. The van der Waals surface area contributed by atoms with Crippen LogP contribution in [0.2, 0.25) is 0 Å². The third-order valence-corrected chi connectivity index (χ3v) is 4.52. The summed E-state index contributed by atoms with van der Waals surface area (Å²) in [6.45, 7) is 1.68. The second-order valence-corrected chi connectivity index (χ2v) is 6.67. The molecule has 6 nitrogen and oxygen atoms in total. The number of hydrogen-bond acceptors (Lipinski definition) is 4. The highest BCUT2D eigenvalue weighted by Crippen LogP contribution is 2.33. The van der Waals surface area contributed by atoms with Gasteiger partial charge in [-0.2, -0.15) is 0 Å². The molecule has 2 N–H and O–H groups in total. The molecule has 0 radical (unpaired) electrons. The van der Waals surface area contributed by atoms with Crippen molar-refractivity contribution in [2.24, 2.45) is 0 Å². The summed E-state index contributed by atoms with van der Waals surface area (Å²) in [6.07, 6.45) is -1.38. The molecule has 1 aliphatic heterocycles. The Balaban J connectivity index is 1.57. The lowest BCUT2D eigenvalue weighted by molar-refractivity contribution is -0.123. The van der Waals surface area contributed by atoms with Crippen LogP contribution < -0.4 is 20.1 Å². The summed E-state index contributed by atoms with van der Waals surface area (Å²) in [5, 5.41) is 5.64. The number of carbonyl (C=O) groups is 2. The zero-order chi connectivity index (χ0) is 20.2. The number of hydrogen-bond donors (Lipinski definition) is 2. The third kappa shape index (κ3) is 4.21. The van der Waals surface area contributed by atoms with Gasteiger partial charge in [-0.05, 0) is 37.3 Å². The van der Waals surface area contributed by atoms with Crippen LogP contribution in [0, 0.1) is 0 Å². The van der Waals surface area contributed by atoms with E-state index in [1.165, 1.54) is 0 Å². The highest BCUT2D eigenvalue weighted by molar-refractivity contribution is 6.00. The molecule has 3 aromatic carbocycles. The largest absolute Gasteiger partial charge is 0.479 e. The van der Waals surface area contributed by atoms with E-state index in [-0.39, 0.29) is 11.8 Å². The zero-order valence-electron chi connectivity index (χ0n) is 15.8. The molecule has 6 heteroatoms. The van der Waals surface area contributed by atoms with Crippen molar-refractivity contribution >= 4 is 23.2 Å². The topological polar surface area (TPSA) is 76.7 Å². The average molecular weight is 388 g/mol. The van der Waals surface area contributed by atoms with Crippen molar-refractivity contribution in [2.45, 2.75) is 19.1 Å². The van der Waals surface area contributed by atoms with E-state index in [0.717, 1.165) is 5.56 Å². The predicted molar refractivity (Wildman–Crippen MR) is 110 cm³/mol. The van der Waals surface area contributed by atoms with E-state index in [0.29, 0.717) is 22.9 Å².